The van der Waals surface area contributed by atoms with Gasteiger partial charge in [0.1, 0.15) is 12.0 Å². The Bertz CT molecular complexity index is 394. The van der Waals surface area contributed by atoms with E-state index in [0.29, 0.717) is 12.6 Å². The van der Waals surface area contributed by atoms with E-state index in [1.54, 1.807) is 0 Å². The van der Waals surface area contributed by atoms with Gasteiger partial charge in [0.2, 0.25) is 0 Å². The van der Waals surface area contributed by atoms with Crippen LogP contribution in [0.5, 0.6) is 0 Å². The molecule has 3 rings (SSSR count). The van der Waals surface area contributed by atoms with Gasteiger partial charge < -0.3 is 19.7 Å². The van der Waals surface area contributed by atoms with Crippen LogP contribution in [0.25, 0.3) is 0 Å². The molecule has 0 amide bonds. The monoisotopic (exact) mass is 292 g/mol. The number of allylic oxidation sites excluding steroid dienone is 2. The largest absolute Gasteiger partial charge is 0.379 e. The van der Waals surface area contributed by atoms with E-state index in [4.69, 9.17) is 9.47 Å². The molecule has 117 valence electrons. The van der Waals surface area contributed by atoms with Crippen molar-refractivity contribution in [1.29, 1.82) is 0 Å². The quantitative estimate of drug-likeness (QED) is 0.835. The van der Waals surface area contributed by atoms with Crippen LogP contribution in [-0.2, 0) is 9.47 Å². The molecule has 0 aromatic rings. The molecule has 1 radical (unpaired) electrons. The Hall–Kier alpha value is -1.04. The van der Waals surface area contributed by atoms with Gasteiger partial charge in [0.15, 0.2) is 0 Å². The maximum Gasteiger partial charge on any atom is 0.148 e. The third kappa shape index (κ3) is 3.78. The van der Waals surface area contributed by atoms with E-state index in [-0.39, 0.29) is 12.3 Å². The Balaban J connectivity index is 1.50. The molecule has 3 heterocycles. The van der Waals surface area contributed by atoms with Gasteiger partial charge in [-0.15, -0.1) is 0 Å². The fourth-order valence-electron chi connectivity index (χ4n) is 2.99. The zero-order valence-corrected chi connectivity index (χ0v) is 13.0. The first kappa shape index (κ1) is 14.9. The van der Waals surface area contributed by atoms with Crippen LogP contribution >= 0.6 is 0 Å². The highest BCUT2D eigenvalue weighted by molar-refractivity contribution is 5.13. The molecule has 3 aliphatic heterocycles. The van der Waals surface area contributed by atoms with Gasteiger partial charge in [0.25, 0.3) is 0 Å². The molecule has 0 bridgehead atoms. The normalized spacial score (nSPS) is 30.6. The van der Waals surface area contributed by atoms with E-state index in [1.165, 1.54) is 0 Å². The van der Waals surface area contributed by atoms with Crippen molar-refractivity contribution in [2.45, 2.75) is 38.6 Å². The molecule has 21 heavy (non-hydrogen) atoms. The molecule has 2 fully saturated rings. The first-order chi connectivity index (χ1) is 10.2. The van der Waals surface area contributed by atoms with E-state index >= 15 is 0 Å². The first-order valence-electron chi connectivity index (χ1n) is 8.01. The Morgan fingerprint density at radius 1 is 1.33 bits per heavy atom. The SMILES string of the molecule is CC(C)N1CCN(C2=[C]C=CC(OC3CCOC3)N2)CC1. The molecule has 2 atom stereocenters. The van der Waals surface area contributed by atoms with Crippen LogP contribution in [0.15, 0.2) is 18.0 Å². The molecule has 2 unspecified atom stereocenters. The lowest BCUT2D eigenvalue weighted by atomic mass is 10.2. The summed E-state index contributed by atoms with van der Waals surface area (Å²) in [7, 11) is 0. The molecule has 0 saturated carbocycles. The first-order valence-corrected chi connectivity index (χ1v) is 8.01. The van der Waals surface area contributed by atoms with Crippen molar-refractivity contribution in [1.82, 2.24) is 15.1 Å². The predicted octanol–water partition coefficient (Wildman–Crippen LogP) is 0.948. The van der Waals surface area contributed by atoms with Crippen LogP contribution in [0, 0.1) is 6.08 Å². The fraction of sp³-hybridized carbons (Fsp3) is 0.750. The topological polar surface area (TPSA) is 37.0 Å². The van der Waals surface area contributed by atoms with Crippen molar-refractivity contribution in [3.63, 3.8) is 0 Å². The third-order valence-electron chi connectivity index (χ3n) is 4.36. The van der Waals surface area contributed by atoms with Crippen molar-refractivity contribution < 1.29 is 9.47 Å². The maximum absolute atomic E-state index is 6.01. The molecule has 2 saturated heterocycles. The second-order valence-electron chi connectivity index (χ2n) is 6.16. The second kappa shape index (κ2) is 6.81. The van der Waals surface area contributed by atoms with Crippen molar-refractivity contribution in [3.05, 3.63) is 24.0 Å². The molecular formula is C16H26N3O2. The van der Waals surface area contributed by atoms with Gasteiger partial charge in [0, 0.05) is 44.9 Å². The highest BCUT2D eigenvalue weighted by atomic mass is 16.6. The lowest BCUT2D eigenvalue weighted by Crippen LogP contribution is -2.51. The average Bonchev–Trinajstić information content (AvgIpc) is 3.00. The number of nitrogens with one attached hydrogen (secondary N) is 1. The fourth-order valence-corrected chi connectivity index (χ4v) is 2.99. The van der Waals surface area contributed by atoms with Crippen molar-refractivity contribution >= 4 is 0 Å². The second-order valence-corrected chi connectivity index (χ2v) is 6.16. The summed E-state index contributed by atoms with van der Waals surface area (Å²) in [5.41, 5.74) is 0. The van der Waals surface area contributed by atoms with Crippen LogP contribution < -0.4 is 5.32 Å². The number of nitrogens with zero attached hydrogens (tertiary/aromatic N) is 2. The van der Waals surface area contributed by atoms with E-state index in [1.807, 2.05) is 12.2 Å². The van der Waals surface area contributed by atoms with E-state index < -0.39 is 0 Å². The lowest BCUT2D eigenvalue weighted by molar-refractivity contribution is -0.00991. The Morgan fingerprint density at radius 2 is 2.14 bits per heavy atom. The molecular weight excluding hydrogens is 266 g/mol. The zero-order valence-electron chi connectivity index (χ0n) is 13.0. The smallest absolute Gasteiger partial charge is 0.148 e. The van der Waals surface area contributed by atoms with Crippen LogP contribution in [-0.4, -0.2) is 67.6 Å². The minimum Gasteiger partial charge on any atom is -0.379 e. The lowest BCUT2D eigenvalue weighted by Gasteiger charge is -2.40. The van der Waals surface area contributed by atoms with Crippen LogP contribution in [0.2, 0.25) is 0 Å². The Kier molecular flexibility index (Phi) is 4.83. The Morgan fingerprint density at radius 3 is 2.81 bits per heavy atom. The number of hydrogen-bond donors (Lipinski definition) is 1. The molecule has 5 heteroatoms. The van der Waals surface area contributed by atoms with E-state index in [0.717, 1.165) is 45.0 Å². The standard InChI is InChI=1S/C16H26N3O2/c1-13(2)18-7-9-19(10-8-18)15-4-3-5-16(17-15)21-14-6-11-20-12-14/h3,5,13-14,16-17H,6-12H2,1-2H3. The zero-order chi connectivity index (χ0) is 14.7. The summed E-state index contributed by atoms with van der Waals surface area (Å²) in [6, 6.07) is 0.628. The van der Waals surface area contributed by atoms with Crippen LogP contribution in [0.1, 0.15) is 20.3 Å². The van der Waals surface area contributed by atoms with Gasteiger partial charge in [-0.25, -0.2) is 0 Å². The molecule has 3 aliphatic rings. The van der Waals surface area contributed by atoms with Gasteiger partial charge >= 0.3 is 0 Å². The third-order valence-corrected chi connectivity index (χ3v) is 4.36. The summed E-state index contributed by atoms with van der Waals surface area (Å²) in [6.07, 6.45) is 8.44. The number of ether oxygens (including phenoxy) is 2. The van der Waals surface area contributed by atoms with Crippen LogP contribution in [0.3, 0.4) is 0 Å². The summed E-state index contributed by atoms with van der Waals surface area (Å²) >= 11 is 0. The molecule has 0 spiro atoms. The maximum atomic E-state index is 6.01. The summed E-state index contributed by atoms with van der Waals surface area (Å²) < 4.78 is 11.4. The van der Waals surface area contributed by atoms with Crippen molar-refractivity contribution in [3.8, 4) is 0 Å². The summed E-state index contributed by atoms with van der Waals surface area (Å²) in [5, 5.41) is 3.44. The summed E-state index contributed by atoms with van der Waals surface area (Å²) in [6.45, 7) is 10.3. The molecule has 0 aromatic carbocycles. The van der Waals surface area contributed by atoms with Gasteiger partial charge in [-0.2, -0.15) is 0 Å². The average molecular weight is 292 g/mol. The predicted molar refractivity (Wildman–Crippen MR) is 81.4 cm³/mol. The summed E-state index contributed by atoms with van der Waals surface area (Å²) in [5.74, 6) is 1.06. The van der Waals surface area contributed by atoms with E-state index in [9.17, 15) is 0 Å². The molecule has 5 nitrogen and oxygen atoms in total. The van der Waals surface area contributed by atoms with E-state index in [2.05, 4.69) is 35.0 Å². The van der Waals surface area contributed by atoms with Gasteiger partial charge in [-0.05, 0) is 26.3 Å². The number of hydrogen-bond acceptors (Lipinski definition) is 5. The van der Waals surface area contributed by atoms with Gasteiger partial charge in [-0.3, -0.25) is 4.90 Å². The summed E-state index contributed by atoms with van der Waals surface area (Å²) in [4.78, 5) is 4.88. The highest BCUT2D eigenvalue weighted by Crippen LogP contribution is 2.16. The molecule has 0 aromatic heterocycles. The molecule has 1 N–H and O–H groups in total. The van der Waals surface area contributed by atoms with Crippen molar-refractivity contribution in [2.24, 2.45) is 0 Å². The minimum atomic E-state index is -0.0592. The van der Waals surface area contributed by atoms with Gasteiger partial charge in [0.05, 0.1) is 12.7 Å². The van der Waals surface area contributed by atoms with Gasteiger partial charge in [-0.1, -0.05) is 6.08 Å². The molecule has 0 aliphatic carbocycles. The Labute approximate surface area is 127 Å². The minimum absolute atomic E-state index is 0.0592. The number of rotatable bonds is 4. The highest BCUT2D eigenvalue weighted by Gasteiger charge is 2.25. The number of dihydropyridines is 1. The van der Waals surface area contributed by atoms with Crippen molar-refractivity contribution in [2.75, 3.05) is 39.4 Å². The number of piperazine rings is 1. The van der Waals surface area contributed by atoms with Crippen LogP contribution in [0.4, 0.5) is 0 Å².